The second-order valence-corrected chi connectivity index (χ2v) is 7.58. The van der Waals surface area contributed by atoms with Gasteiger partial charge in [0.2, 0.25) is 0 Å². The van der Waals surface area contributed by atoms with Crippen LogP contribution in [0.15, 0.2) is 12.1 Å². The molecule has 0 bridgehead atoms. The zero-order chi connectivity index (χ0) is 13.3. The number of nitrogens with one attached hydrogen (secondary N) is 1. The summed E-state index contributed by atoms with van der Waals surface area (Å²) < 4.78 is 0.840. The van der Waals surface area contributed by atoms with Crippen LogP contribution in [0, 0.1) is 13.8 Å². The van der Waals surface area contributed by atoms with Gasteiger partial charge in [-0.1, -0.05) is 11.6 Å². The summed E-state index contributed by atoms with van der Waals surface area (Å²) in [7, 11) is 0. The van der Waals surface area contributed by atoms with Gasteiger partial charge >= 0.3 is 0 Å². The largest absolute Gasteiger partial charge is 0.301 e. The molecular formula is C13H17ClN2S2. The average molecular weight is 301 g/mol. The molecule has 0 aliphatic heterocycles. The molecule has 0 amide bonds. The first-order valence-corrected chi connectivity index (χ1v) is 7.93. The predicted molar refractivity (Wildman–Crippen MR) is 80.9 cm³/mol. The third-order valence-corrected chi connectivity index (χ3v) is 5.19. The Labute approximate surface area is 121 Å². The lowest BCUT2D eigenvalue weighted by atomic mass is 10.1. The lowest BCUT2D eigenvalue weighted by Gasteiger charge is -2.18. The van der Waals surface area contributed by atoms with Crippen molar-refractivity contribution < 1.29 is 0 Å². The number of nitrogens with zero attached hydrogens (tertiary/aromatic N) is 1. The van der Waals surface area contributed by atoms with Crippen molar-refractivity contribution in [3.63, 3.8) is 0 Å². The topological polar surface area (TPSA) is 24.9 Å². The Balaban J connectivity index is 2.07. The van der Waals surface area contributed by atoms with Crippen molar-refractivity contribution in [3.8, 4) is 0 Å². The summed E-state index contributed by atoms with van der Waals surface area (Å²) in [6.45, 7) is 8.50. The Morgan fingerprint density at radius 3 is 2.39 bits per heavy atom. The number of hydrogen-bond donors (Lipinski definition) is 1. The zero-order valence-corrected chi connectivity index (χ0v) is 13.3. The van der Waals surface area contributed by atoms with Gasteiger partial charge in [0.15, 0.2) is 0 Å². The lowest BCUT2D eigenvalue weighted by molar-refractivity contribution is 0.491. The van der Waals surface area contributed by atoms with Crippen molar-refractivity contribution in [2.24, 2.45) is 0 Å². The van der Waals surface area contributed by atoms with Gasteiger partial charge in [0.1, 0.15) is 0 Å². The summed E-state index contributed by atoms with van der Waals surface area (Å²) >= 11 is 9.35. The molecule has 0 fully saturated rings. The summed E-state index contributed by atoms with van der Waals surface area (Å²) in [5.74, 6) is 0. The van der Waals surface area contributed by atoms with Crippen LogP contribution in [0.3, 0.4) is 0 Å². The average Bonchev–Trinajstić information content (AvgIpc) is 2.84. The first-order chi connectivity index (χ1) is 8.47. The van der Waals surface area contributed by atoms with Crippen LogP contribution in [0.1, 0.15) is 46.4 Å². The smallest absolute Gasteiger partial charge is 0.0931 e. The zero-order valence-electron chi connectivity index (χ0n) is 11.0. The van der Waals surface area contributed by atoms with E-state index in [1.165, 1.54) is 9.75 Å². The van der Waals surface area contributed by atoms with E-state index in [4.69, 9.17) is 11.6 Å². The van der Waals surface area contributed by atoms with Crippen LogP contribution in [0.25, 0.3) is 0 Å². The predicted octanol–water partition coefficient (Wildman–Crippen LogP) is 4.89. The lowest BCUT2D eigenvalue weighted by Crippen LogP contribution is -2.22. The van der Waals surface area contributed by atoms with E-state index in [-0.39, 0.29) is 6.04 Å². The molecule has 0 saturated heterocycles. The maximum Gasteiger partial charge on any atom is 0.0931 e. The fourth-order valence-corrected chi connectivity index (χ4v) is 4.03. The highest BCUT2D eigenvalue weighted by atomic mass is 35.5. The van der Waals surface area contributed by atoms with Crippen LogP contribution in [0.2, 0.25) is 4.34 Å². The van der Waals surface area contributed by atoms with Crippen molar-refractivity contribution in [1.82, 2.24) is 10.3 Å². The number of aromatic nitrogens is 1. The first-order valence-electron chi connectivity index (χ1n) is 5.92. The third-order valence-electron chi connectivity index (χ3n) is 2.87. The number of hydrogen-bond acceptors (Lipinski definition) is 4. The molecule has 1 N–H and O–H groups in total. The van der Waals surface area contributed by atoms with Gasteiger partial charge < -0.3 is 5.32 Å². The number of thiazole rings is 1. The summed E-state index contributed by atoms with van der Waals surface area (Å²) in [6.07, 6.45) is 0. The standard InChI is InChI=1S/C13H17ClN2S2/c1-7(11-5-6-12(14)18-11)15-8(2)13-9(3)17-10(4)16-13/h5-8,15H,1-4H3. The quantitative estimate of drug-likeness (QED) is 0.870. The first kappa shape index (κ1) is 14.0. The Hall–Kier alpha value is -0.420. The fraction of sp³-hybridized carbons (Fsp3) is 0.462. The second kappa shape index (κ2) is 5.70. The summed E-state index contributed by atoms with van der Waals surface area (Å²) in [5.41, 5.74) is 1.16. The van der Waals surface area contributed by atoms with Crippen LogP contribution < -0.4 is 5.32 Å². The number of aryl methyl sites for hydroxylation is 2. The molecule has 2 aromatic rings. The van der Waals surface area contributed by atoms with E-state index in [0.29, 0.717) is 6.04 Å². The van der Waals surface area contributed by atoms with Gasteiger partial charge in [-0.05, 0) is 39.8 Å². The fourth-order valence-electron chi connectivity index (χ4n) is 2.04. The third kappa shape index (κ3) is 3.12. The van der Waals surface area contributed by atoms with Gasteiger partial charge in [-0.2, -0.15) is 0 Å². The highest BCUT2D eigenvalue weighted by Gasteiger charge is 2.16. The molecule has 98 valence electrons. The Morgan fingerprint density at radius 1 is 1.17 bits per heavy atom. The molecule has 0 saturated carbocycles. The minimum absolute atomic E-state index is 0.255. The molecule has 5 heteroatoms. The molecule has 0 aromatic carbocycles. The van der Waals surface area contributed by atoms with Gasteiger partial charge in [-0.3, -0.25) is 0 Å². The SMILES string of the molecule is Cc1nc(C(C)NC(C)c2ccc(Cl)s2)c(C)s1. The molecule has 0 spiro atoms. The van der Waals surface area contributed by atoms with Gasteiger partial charge in [0.25, 0.3) is 0 Å². The highest BCUT2D eigenvalue weighted by molar-refractivity contribution is 7.16. The van der Waals surface area contributed by atoms with Crippen LogP contribution in [0.4, 0.5) is 0 Å². The second-order valence-electron chi connectivity index (χ2n) is 4.43. The van der Waals surface area contributed by atoms with E-state index in [1.807, 2.05) is 6.07 Å². The molecule has 2 unspecified atom stereocenters. The molecule has 2 heterocycles. The van der Waals surface area contributed by atoms with Crippen LogP contribution in [0.5, 0.6) is 0 Å². The van der Waals surface area contributed by atoms with E-state index in [0.717, 1.165) is 15.0 Å². The molecule has 0 aliphatic rings. The van der Waals surface area contributed by atoms with Crippen molar-refractivity contribution in [3.05, 3.63) is 36.9 Å². The van der Waals surface area contributed by atoms with E-state index >= 15 is 0 Å². The molecule has 2 nitrogen and oxygen atoms in total. The molecule has 2 atom stereocenters. The molecule has 2 aromatic heterocycles. The Kier molecular flexibility index (Phi) is 4.43. The minimum atomic E-state index is 0.255. The van der Waals surface area contributed by atoms with Gasteiger partial charge in [0, 0.05) is 21.8 Å². The molecule has 0 radical (unpaired) electrons. The maximum atomic E-state index is 5.97. The molecular weight excluding hydrogens is 284 g/mol. The normalized spacial score (nSPS) is 14.7. The summed E-state index contributed by atoms with van der Waals surface area (Å²) in [4.78, 5) is 7.15. The molecule has 0 aliphatic carbocycles. The number of rotatable bonds is 4. The Morgan fingerprint density at radius 2 is 1.89 bits per heavy atom. The van der Waals surface area contributed by atoms with Crippen LogP contribution in [-0.2, 0) is 0 Å². The number of halogens is 1. The van der Waals surface area contributed by atoms with Crippen molar-refractivity contribution in [2.75, 3.05) is 0 Å². The maximum absolute atomic E-state index is 5.97. The van der Waals surface area contributed by atoms with E-state index < -0.39 is 0 Å². The van der Waals surface area contributed by atoms with E-state index in [2.05, 4.69) is 44.1 Å². The van der Waals surface area contributed by atoms with Crippen LogP contribution >= 0.6 is 34.3 Å². The highest BCUT2D eigenvalue weighted by Crippen LogP contribution is 2.29. The van der Waals surface area contributed by atoms with Gasteiger partial charge in [0.05, 0.1) is 15.0 Å². The minimum Gasteiger partial charge on any atom is -0.301 e. The monoisotopic (exact) mass is 300 g/mol. The Bertz CT molecular complexity index is 533. The van der Waals surface area contributed by atoms with Gasteiger partial charge in [-0.15, -0.1) is 22.7 Å². The van der Waals surface area contributed by atoms with Gasteiger partial charge in [-0.25, -0.2) is 4.98 Å². The molecule has 2 rings (SSSR count). The summed E-state index contributed by atoms with van der Waals surface area (Å²) in [5, 5.41) is 4.70. The van der Waals surface area contributed by atoms with Crippen LogP contribution in [-0.4, -0.2) is 4.98 Å². The van der Waals surface area contributed by atoms with Crippen molar-refractivity contribution in [1.29, 1.82) is 0 Å². The van der Waals surface area contributed by atoms with E-state index in [1.54, 1.807) is 22.7 Å². The van der Waals surface area contributed by atoms with Crippen molar-refractivity contribution >= 4 is 34.3 Å². The van der Waals surface area contributed by atoms with E-state index in [9.17, 15) is 0 Å². The number of thiophene rings is 1. The molecule has 18 heavy (non-hydrogen) atoms. The van der Waals surface area contributed by atoms with Crippen molar-refractivity contribution in [2.45, 2.75) is 39.8 Å². The summed E-state index contributed by atoms with van der Waals surface area (Å²) in [6, 6.07) is 4.57.